The van der Waals surface area contributed by atoms with Gasteiger partial charge in [0, 0.05) is 0 Å². The summed E-state index contributed by atoms with van der Waals surface area (Å²) in [5.74, 6) is -1.21. The lowest BCUT2D eigenvalue weighted by Gasteiger charge is -2.18. The van der Waals surface area contributed by atoms with Crippen LogP contribution in [0.3, 0.4) is 0 Å². The maximum atomic E-state index is 12.2. The summed E-state index contributed by atoms with van der Waals surface area (Å²) in [6.45, 7) is 7.34. The van der Waals surface area contributed by atoms with Crippen LogP contribution in [0.5, 0.6) is 0 Å². The van der Waals surface area contributed by atoms with Crippen molar-refractivity contribution in [3.63, 3.8) is 0 Å². The summed E-state index contributed by atoms with van der Waals surface area (Å²) >= 11 is 0. The summed E-state index contributed by atoms with van der Waals surface area (Å²) in [7, 11) is -3.82. The number of carboxylic acids is 1. The Labute approximate surface area is 120 Å². The third-order valence-electron chi connectivity index (χ3n) is 3.07. The van der Waals surface area contributed by atoms with Gasteiger partial charge in [0.2, 0.25) is 10.0 Å². The first-order chi connectivity index (χ1) is 9.15. The van der Waals surface area contributed by atoms with Crippen LogP contribution in [-0.2, 0) is 14.8 Å². The fourth-order valence-corrected chi connectivity index (χ4v) is 3.08. The first-order valence-corrected chi connectivity index (χ1v) is 7.98. The summed E-state index contributed by atoms with van der Waals surface area (Å²) in [5.41, 5.74) is 1.03. The minimum atomic E-state index is -3.82. The molecule has 1 aromatic rings. The predicted molar refractivity (Wildman–Crippen MR) is 77.1 cm³/mol. The Bertz CT molecular complexity index is 561. The first-order valence-electron chi connectivity index (χ1n) is 6.50. The molecule has 0 aromatic heterocycles. The van der Waals surface area contributed by atoms with Crippen molar-refractivity contribution in [3.05, 3.63) is 29.8 Å². The highest BCUT2D eigenvalue weighted by Crippen LogP contribution is 2.18. The van der Waals surface area contributed by atoms with Crippen molar-refractivity contribution in [2.24, 2.45) is 5.92 Å². The number of hydrogen-bond donors (Lipinski definition) is 2. The highest BCUT2D eigenvalue weighted by Gasteiger charge is 2.27. The van der Waals surface area contributed by atoms with Crippen molar-refractivity contribution in [3.8, 4) is 0 Å². The van der Waals surface area contributed by atoms with Gasteiger partial charge in [0.1, 0.15) is 6.04 Å². The normalized spacial score (nSPS) is 13.7. The van der Waals surface area contributed by atoms with Gasteiger partial charge in [-0.05, 0) is 29.5 Å². The maximum Gasteiger partial charge on any atom is 0.322 e. The fourth-order valence-electron chi connectivity index (χ4n) is 1.74. The summed E-state index contributed by atoms with van der Waals surface area (Å²) in [5, 5.41) is 9.04. The third kappa shape index (κ3) is 4.05. The Morgan fingerprint density at radius 1 is 1.10 bits per heavy atom. The van der Waals surface area contributed by atoms with Crippen molar-refractivity contribution >= 4 is 16.0 Å². The van der Waals surface area contributed by atoms with Gasteiger partial charge in [-0.25, -0.2) is 8.42 Å². The van der Waals surface area contributed by atoms with Crippen LogP contribution in [0.1, 0.15) is 39.2 Å². The van der Waals surface area contributed by atoms with Gasteiger partial charge in [-0.1, -0.05) is 39.8 Å². The van der Waals surface area contributed by atoms with Crippen molar-refractivity contribution in [1.29, 1.82) is 0 Å². The molecule has 0 aliphatic carbocycles. The minimum Gasteiger partial charge on any atom is -0.480 e. The molecule has 0 aliphatic rings. The molecule has 1 atom stereocenters. The predicted octanol–water partition coefficient (Wildman–Crippen LogP) is 2.20. The van der Waals surface area contributed by atoms with E-state index in [0.29, 0.717) is 5.92 Å². The zero-order chi connectivity index (χ0) is 15.5. The van der Waals surface area contributed by atoms with E-state index in [1.807, 2.05) is 13.8 Å². The van der Waals surface area contributed by atoms with E-state index in [2.05, 4.69) is 4.72 Å². The number of sulfonamides is 1. The number of rotatable bonds is 6. The zero-order valence-electron chi connectivity index (χ0n) is 12.1. The van der Waals surface area contributed by atoms with E-state index in [1.54, 1.807) is 26.0 Å². The van der Waals surface area contributed by atoms with Gasteiger partial charge >= 0.3 is 5.97 Å². The largest absolute Gasteiger partial charge is 0.480 e. The summed E-state index contributed by atoms with van der Waals surface area (Å²) in [6, 6.07) is 5.34. The topological polar surface area (TPSA) is 83.5 Å². The Hall–Kier alpha value is -1.40. The molecule has 0 fully saturated rings. The number of hydrogen-bond acceptors (Lipinski definition) is 3. The molecule has 0 aliphatic heterocycles. The van der Waals surface area contributed by atoms with Gasteiger partial charge in [0.05, 0.1) is 4.90 Å². The van der Waals surface area contributed by atoms with Gasteiger partial charge in [-0.2, -0.15) is 4.72 Å². The van der Waals surface area contributed by atoms with Crippen LogP contribution in [0, 0.1) is 5.92 Å². The Kier molecular flexibility index (Phi) is 5.30. The molecule has 1 rings (SSSR count). The van der Waals surface area contributed by atoms with E-state index in [4.69, 9.17) is 5.11 Å². The van der Waals surface area contributed by atoms with Crippen LogP contribution in [0.4, 0.5) is 0 Å². The van der Waals surface area contributed by atoms with E-state index in [9.17, 15) is 13.2 Å². The lowest BCUT2D eigenvalue weighted by Crippen LogP contribution is -2.44. The molecule has 0 radical (unpaired) electrons. The van der Waals surface area contributed by atoms with Crippen LogP contribution in [-0.4, -0.2) is 25.5 Å². The fraction of sp³-hybridized carbons (Fsp3) is 0.500. The Morgan fingerprint density at radius 3 is 1.95 bits per heavy atom. The van der Waals surface area contributed by atoms with E-state index in [-0.39, 0.29) is 10.8 Å². The second-order valence-electron chi connectivity index (χ2n) is 5.40. The molecular formula is C14H21NO4S. The third-order valence-corrected chi connectivity index (χ3v) is 4.53. The van der Waals surface area contributed by atoms with Gasteiger partial charge < -0.3 is 5.11 Å². The van der Waals surface area contributed by atoms with Crippen LogP contribution >= 0.6 is 0 Å². The summed E-state index contributed by atoms with van der Waals surface area (Å²) < 4.78 is 26.5. The average Bonchev–Trinajstić information content (AvgIpc) is 2.35. The molecule has 5 nitrogen and oxygen atoms in total. The molecule has 20 heavy (non-hydrogen) atoms. The van der Waals surface area contributed by atoms with Crippen LogP contribution in [0.25, 0.3) is 0 Å². The molecule has 2 N–H and O–H groups in total. The van der Waals surface area contributed by atoms with Crippen LogP contribution in [0.2, 0.25) is 0 Å². The lowest BCUT2D eigenvalue weighted by molar-refractivity contribution is -0.140. The molecule has 6 heteroatoms. The Balaban J connectivity index is 3.01. The molecule has 0 unspecified atom stereocenters. The molecule has 0 spiro atoms. The number of carboxylic acid groups (broad SMARTS) is 1. The molecular weight excluding hydrogens is 278 g/mol. The zero-order valence-corrected chi connectivity index (χ0v) is 12.9. The van der Waals surface area contributed by atoms with Gasteiger partial charge in [-0.3, -0.25) is 4.79 Å². The number of benzene rings is 1. The van der Waals surface area contributed by atoms with E-state index < -0.39 is 22.0 Å². The molecule has 0 saturated carbocycles. The summed E-state index contributed by atoms with van der Waals surface area (Å²) in [6.07, 6.45) is 0. The quantitative estimate of drug-likeness (QED) is 0.843. The van der Waals surface area contributed by atoms with E-state index in [0.717, 1.165) is 5.56 Å². The standard InChI is InChI=1S/C14H21NO4S/c1-9(2)11-5-7-12(8-6-11)20(18,19)15-13(10(3)4)14(16)17/h5-10,13,15H,1-4H3,(H,16,17)/t13-/m0/s1. The molecule has 0 saturated heterocycles. The van der Waals surface area contributed by atoms with Crippen molar-refractivity contribution in [2.45, 2.75) is 44.6 Å². The maximum absolute atomic E-state index is 12.2. The van der Waals surface area contributed by atoms with Crippen LogP contribution in [0.15, 0.2) is 29.2 Å². The monoisotopic (exact) mass is 299 g/mol. The molecule has 1 aromatic carbocycles. The molecule has 0 amide bonds. The Morgan fingerprint density at radius 2 is 1.60 bits per heavy atom. The van der Waals surface area contributed by atoms with Gasteiger partial charge in [0.25, 0.3) is 0 Å². The molecule has 112 valence electrons. The van der Waals surface area contributed by atoms with E-state index in [1.165, 1.54) is 12.1 Å². The highest BCUT2D eigenvalue weighted by molar-refractivity contribution is 7.89. The SMILES string of the molecule is CC(C)c1ccc(S(=O)(=O)N[C@H](C(=O)O)C(C)C)cc1. The van der Waals surface area contributed by atoms with Gasteiger partial charge in [0.15, 0.2) is 0 Å². The highest BCUT2D eigenvalue weighted by atomic mass is 32.2. The average molecular weight is 299 g/mol. The number of aliphatic carboxylic acids is 1. The van der Waals surface area contributed by atoms with Crippen molar-refractivity contribution in [2.75, 3.05) is 0 Å². The van der Waals surface area contributed by atoms with E-state index >= 15 is 0 Å². The number of carbonyl (C=O) groups is 1. The van der Waals surface area contributed by atoms with Crippen LogP contribution < -0.4 is 4.72 Å². The second-order valence-corrected chi connectivity index (χ2v) is 7.12. The first kappa shape index (κ1) is 16.7. The van der Waals surface area contributed by atoms with Crippen molar-refractivity contribution in [1.82, 2.24) is 4.72 Å². The molecule has 0 heterocycles. The van der Waals surface area contributed by atoms with Crippen molar-refractivity contribution < 1.29 is 18.3 Å². The molecule has 0 bridgehead atoms. The lowest BCUT2D eigenvalue weighted by atomic mass is 10.0. The second kappa shape index (κ2) is 6.37. The number of nitrogens with one attached hydrogen (secondary N) is 1. The summed E-state index contributed by atoms with van der Waals surface area (Å²) in [4.78, 5) is 11.1. The van der Waals surface area contributed by atoms with Gasteiger partial charge in [-0.15, -0.1) is 0 Å². The minimum absolute atomic E-state index is 0.0776. The smallest absolute Gasteiger partial charge is 0.322 e.